The molecule has 6 heteroatoms. The second kappa shape index (κ2) is 9.49. The van der Waals surface area contributed by atoms with Gasteiger partial charge in [0, 0.05) is 40.3 Å². The van der Waals surface area contributed by atoms with E-state index in [4.69, 9.17) is 9.47 Å². The number of urea groups is 1. The number of ether oxygens (including phenoxy) is 2. The van der Waals surface area contributed by atoms with E-state index in [0.29, 0.717) is 12.5 Å². The van der Waals surface area contributed by atoms with Gasteiger partial charge < -0.3 is 24.6 Å². The molecular formula is C18H29N3O3. The number of nitrogens with zero attached hydrogens (tertiary/aromatic N) is 2. The van der Waals surface area contributed by atoms with E-state index >= 15 is 0 Å². The molecule has 0 saturated carbocycles. The molecule has 6 nitrogen and oxygen atoms in total. The van der Waals surface area contributed by atoms with Crippen molar-refractivity contribution < 1.29 is 14.3 Å². The van der Waals surface area contributed by atoms with Crippen LogP contribution >= 0.6 is 0 Å². The Balaban J connectivity index is 1.72. The lowest BCUT2D eigenvalue weighted by Crippen LogP contribution is -2.39. The van der Waals surface area contributed by atoms with Gasteiger partial charge in [-0.1, -0.05) is 12.1 Å². The van der Waals surface area contributed by atoms with Crippen LogP contribution in [-0.2, 0) is 11.3 Å². The van der Waals surface area contributed by atoms with Gasteiger partial charge in [-0.3, -0.25) is 0 Å². The lowest BCUT2D eigenvalue weighted by atomic mass is 10.1. The maximum Gasteiger partial charge on any atom is 0.317 e. The number of benzene rings is 1. The van der Waals surface area contributed by atoms with Crippen LogP contribution in [0.1, 0.15) is 12.0 Å². The highest BCUT2D eigenvalue weighted by molar-refractivity contribution is 5.73. The van der Waals surface area contributed by atoms with Gasteiger partial charge in [-0.05, 0) is 36.6 Å². The smallest absolute Gasteiger partial charge is 0.317 e. The molecule has 1 aliphatic rings. The molecule has 0 radical (unpaired) electrons. The Morgan fingerprint density at radius 2 is 2.25 bits per heavy atom. The molecule has 2 amide bonds. The number of hydrogen-bond donors (Lipinski definition) is 1. The molecule has 134 valence electrons. The third kappa shape index (κ3) is 5.69. The molecule has 0 bridgehead atoms. The van der Waals surface area contributed by atoms with Crippen LogP contribution in [0.4, 0.5) is 4.79 Å². The first kappa shape index (κ1) is 18.5. The molecule has 1 N–H and O–H groups in total. The lowest BCUT2D eigenvalue weighted by molar-refractivity contribution is 0.158. The van der Waals surface area contributed by atoms with Gasteiger partial charge >= 0.3 is 6.03 Å². The van der Waals surface area contributed by atoms with Gasteiger partial charge in [0.25, 0.3) is 0 Å². The van der Waals surface area contributed by atoms with Crippen molar-refractivity contribution in [2.45, 2.75) is 13.0 Å². The van der Waals surface area contributed by atoms with Crippen molar-refractivity contribution in [1.82, 2.24) is 15.1 Å². The van der Waals surface area contributed by atoms with Gasteiger partial charge in [0.05, 0.1) is 13.7 Å². The Morgan fingerprint density at radius 1 is 1.42 bits per heavy atom. The molecule has 1 atom stereocenters. The summed E-state index contributed by atoms with van der Waals surface area (Å²) in [6, 6.07) is 7.75. The predicted octanol–water partition coefficient (Wildman–Crippen LogP) is 1.80. The monoisotopic (exact) mass is 335 g/mol. The van der Waals surface area contributed by atoms with E-state index in [1.165, 1.54) is 0 Å². The number of nitrogens with one attached hydrogen (secondary N) is 1. The van der Waals surface area contributed by atoms with Crippen LogP contribution in [-0.4, -0.2) is 69.9 Å². The molecule has 2 rings (SSSR count). The maximum atomic E-state index is 12.3. The van der Waals surface area contributed by atoms with Crippen molar-refractivity contribution in [3.8, 4) is 5.75 Å². The van der Waals surface area contributed by atoms with Crippen LogP contribution in [0.5, 0.6) is 5.75 Å². The SMILES string of the molecule is COCCN1CCC(CNC(=O)N(C)Cc2cccc(OC)c2)C1. The highest BCUT2D eigenvalue weighted by atomic mass is 16.5. The molecule has 24 heavy (non-hydrogen) atoms. The summed E-state index contributed by atoms with van der Waals surface area (Å²) in [6.45, 7) is 5.14. The molecule has 0 aliphatic carbocycles. The number of amides is 2. The van der Waals surface area contributed by atoms with Gasteiger partial charge in [-0.25, -0.2) is 4.79 Å². The van der Waals surface area contributed by atoms with Crippen molar-refractivity contribution in [3.05, 3.63) is 29.8 Å². The fourth-order valence-electron chi connectivity index (χ4n) is 2.99. The number of carbonyl (C=O) groups excluding carboxylic acids is 1. The average molecular weight is 335 g/mol. The van der Waals surface area contributed by atoms with Gasteiger partial charge in [0.2, 0.25) is 0 Å². The van der Waals surface area contributed by atoms with Crippen LogP contribution in [0.25, 0.3) is 0 Å². The number of hydrogen-bond acceptors (Lipinski definition) is 4. The first-order valence-electron chi connectivity index (χ1n) is 8.45. The molecule has 1 fully saturated rings. The quantitative estimate of drug-likeness (QED) is 0.787. The molecular weight excluding hydrogens is 306 g/mol. The standard InChI is InChI=1S/C18H29N3O3/c1-20(13-15-5-4-6-17(11-15)24-3)18(22)19-12-16-7-8-21(14-16)9-10-23-2/h4-6,11,16H,7-10,12-14H2,1-3H3,(H,19,22). The Hall–Kier alpha value is -1.79. The summed E-state index contributed by atoms with van der Waals surface area (Å²) >= 11 is 0. The maximum absolute atomic E-state index is 12.3. The minimum Gasteiger partial charge on any atom is -0.497 e. The third-order valence-corrected chi connectivity index (χ3v) is 4.42. The second-order valence-electron chi connectivity index (χ2n) is 6.34. The van der Waals surface area contributed by atoms with Crippen LogP contribution in [0.3, 0.4) is 0 Å². The summed E-state index contributed by atoms with van der Waals surface area (Å²) in [4.78, 5) is 16.4. The minimum atomic E-state index is -0.0341. The summed E-state index contributed by atoms with van der Waals surface area (Å²) in [7, 11) is 5.19. The summed E-state index contributed by atoms with van der Waals surface area (Å²) in [5.41, 5.74) is 1.05. The first-order chi connectivity index (χ1) is 11.6. The van der Waals surface area contributed by atoms with Crippen molar-refractivity contribution in [2.24, 2.45) is 5.92 Å². The Labute approximate surface area is 144 Å². The van der Waals surface area contributed by atoms with Crippen LogP contribution in [0, 0.1) is 5.92 Å². The predicted molar refractivity (Wildman–Crippen MR) is 94.3 cm³/mol. The third-order valence-electron chi connectivity index (χ3n) is 4.42. The molecule has 1 heterocycles. The van der Waals surface area contributed by atoms with Gasteiger partial charge in [0.15, 0.2) is 0 Å². The normalized spacial score (nSPS) is 17.7. The number of likely N-dealkylation sites (tertiary alicyclic amines) is 1. The molecule has 1 unspecified atom stereocenters. The van der Waals surface area contributed by atoms with Crippen molar-refractivity contribution >= 4 is 6.03 Å². The average Bonchev–Trinajstić information content (AvgIpc) is 3.05. The molecule has 1 aliphatic heterocycles. The number of rotatable bonds is 8. The zero-order valence-corrected chi connectivity index (χ0v) is 15.0. The zero-order chi connectivity index (χ0) is 17.4. The second-order valence-corrected chi connectivity index (χ2v) is 6.34. The summed E-state index contributed by atoms with van der Waals surface area (Å²) in [5, 5.41) is 3.05. The van der Waals surface area contributed by atoms with E-state index in [-0.39, 0.29) is 6.03 Å². The molecule has 1 saturated heterocycles. The Kier molecular flexibility index (Phi) is 7.34. The van der Waals surface area contributed by atoms with Crippen molar-refractivity contribution in [3.63, 3.8) is 0 Å². The fraction of sp³-hybridized carbons (Fsp3) is 0.611. The summed E-state index contributed by atoms with van der Waals surface area (Å²) in [5.74, 6) is 1.33. The molecule has 0 aromatic heterocycles. The van der Waals surface area contributed by atoms with E-state index in [9.17, 15) is 4.79 Å². The van der Waals surface area contributed by atoms with Gasteiger partial charge in [0.1, 0.15) is 5.75 Å². The van der Waals surface area contributed by atoms with Crippen LogP contribution in [0.2, 0.25) is 0 Å². The fourth-order valence-corrected chi connectivity index (χ4v) is 2.99. The molecule has 1 aromatic rings. The van der Waals surface area contributed by atoms with E-state index in [0.717, 1.165) is 50.5 Å². The Morgan fingerprint density at radius 3 is 3.00 bits per heavy atom. The minimum absolute atomic E-state index is 0.0341. The Bertz CT molecular complexity index is 524. The van der Waals surface area contributed by atoms with Gasteiger partial charge in [-0.15, -0.1) is 0 Å². The molecule has 0 spiro atoms. The summed E-state index contributed by atoms with van der Waals surface area (Å²) in [6.07, 6.45) is 1.13. The molecule has 1 aromatic carbocycles. The topological polar surface area (TPSA) is 54.0 Å². The summed E-state index contributed by atoms with van der Waals surface area (Å²) < 4.78 is 10.3. The lowest BCUT2D eigenvalue weighted by Gasteiger charge is -2.20. The van der Waals surface area contributed by atoms with Crippen molar-refractivity contribution in [2.75, 3.05) is 54.1 Å². The zero-order valence-electron chi connectivity index (χ0n) is 15.0. The van der Waals surface area contributed by atoms with E-state index < -0.39 is 0 Å². The van der Waals surface area contributed by atoms with E-state index in [1.807, 2.05) is 31.3 Å². The van der Waals surface area contributed by atoms with Crippen LogP contribution < -0.4 is 10.1 Å². The van der Waals surface area contributed by atoms with Crippen molar-refractivity contribution in [1.29, 1.82) is 0 Å². The highest BCUT2D eigenvalue weighted by Crippen LogP contribution is 2.16. The van der Waals surface area contributed by atoms with Gasteiger partial charge in [-0.2, -0.15) is 0 Å². The van der Waals surface area contributed by atoms with E-state index in [2.05, 4.69) is 10.2 Å². The van der Waals surface area contributed by atoms with E-state index in [1.54, 1.807) is 19.1 Å². The highest BCUT2D eigenvalue weighted by Gasteiger charge is 2.22. The largest absolute Gasteiger partial charge is 0.497 e. The number of carbonyl (C=O) groups is 1. The first-order valence-corrected chi connectivity index (χ1v) is 8.45. The number of methoxy groups -OCH3 is 2. The van der Waals surface area contributed by atoms with Crippen LogP contribution in [0.15, 0.2) is 24.3 Å².